The number of carboxylic acids is 1. The Balaban J connectivity index is 2.55. The van der Waals surface area contributed by atoms with Crippen LogP contribution in [0.15, 0.2) is 6.07 Å². The van der Waals surface area contributed by atoms with Crippen molar-refractivity contribution >= 4 is 17.6 Å². The molecule has 0 aromatic heterocycles. The SMILES string of the molecule is COc1cc2c(c(CC(=O)O)c1Cl)OCCO2. The molecule has 0 saturated carbocycles. The van der Waals surface area contributed by atoms with Gasteiger partial charge in [-0.3, -0.25) is 4.79 Å². The molecule has 0 saturated heterocycles. The molecule has 0 atom stereocenters. The zero-order chi connectivity index (χ0) is 12.4. The van der Waals surface area contributed by atoms with Gasteiger partial charge in [0.25, 0.3) is 0 Å². The van der Waals surface area contributed by atoms with Crippen molar-refractivity contribution in [1.82, 2.24) is 0 Å². The van der Waals surface area contributed by atoms with E-state index in [1.165, 1.54) is 7.11 Å². The molecule has 1 aromatic rings. The van der Waals surface area contributed by atoms with E-state index < -0.39 is 5.97 Å². The minimum Gasteiger partial charge on any atom is -0.495 e. The van der Waals surface area contributed by atoms with Gasteiger partial charge in [0.15, 0.2) is 11.5 Å². The Bertz CT molecular complexity index is 458. The highest BCUT2D eigenvalue weighted by Gasteiger charge is 2.24. The average molecular weight is 259 g/mol. The monoisotopic (exact) mass is 258 g/mol. The number of carboxylic acid groups (broad SMARTS) is 1. The lowest BCUT2D eigenvalue weighted by Gasteiger charge is -2.22. The van der Waals surface area contributed by atoms with E-state index in [4.69, 9.17) is 30.9 Å². The molecule has 6 heteroatoms. The van der Waals surface area contributed by atoms with Gasteiger partial charge >= 0.3 is 5.97 Å². The van der Waals surface area contributed by atoms with E-state index in [1.807, 2.05) is 0 Å². The molecule has 0 spiro atoms. The first kappa shape index (κ1) is 11.9. The van der Waals surface area contributed by atoms with Crippen LogP contribution in [0.3, 0.4) is 0 Å². The molecule has 17 heavy (non-hydrogen) atoms. The van der Waals surface area contributed by atoms with Gasteiger partial charge in [0.05, 0.1) is 18.6 Å². The Hall–Kier alpha value is -1.62. The number of methoxy groups -OCH3 is 1. The highest BCUT2D eigenvalue weighted by Crippen LogP contribution is 2.44. The highest BCUT2D eigenvalue weighted by molar-refractivity contribution is 6.33. The van der Waals surface area contributed by atoms with E-state index >= 15 is 0 Å². The highest BCUT2D eigenvalue weighted by atomic mass is 35.5. The lowest BCUT2D eigenvalue weighted by Crippen LogP contribution is -2.18. The number of hydrogen-bond acceptors (Lipinski definition) is 4. The van der Waals surface area contributed by atoms with E-state index in [0.29, 0.717) is 36.0 Å². The molecule has 2 rings (SSSR count). The summed E-state index contributed by atoms with van der Waals surface area (Å²) in [4.78, 5) is 10.8. The molecule has 1 aromatic carbocycles. The molecule has 0 unspecified atom stereocenters. The van der Waals surface area contributed by atoms with Gasteiger partial charge in [-0.1, -0.05) is 11.6 Å². The number of halogens is 1. The number of ether oxygens (including phenoxy) is 3. The second-order valence-electron chi connectivity index (χ2n) is 3.47. The van der Waals surface area contributed by atoms with Crippen LogP contribution in [0.5, 0.6) is 17.2 Å². The van der Waals surface area contributed by atoms with Crippen molar-refractivity contribution in [2.24, 2.45) is 0 Å². The summed E-state index contributed by atoms with van der Waals surface area (Å²) in [5.41, 5.74) is 0.383. The van der Waals surface area contributed by atoms with Crippen molar-refractivity contribution in [3.8, 4) is 17.2 Å². The van der Waals surface area contributed by atoms with Crippen molar-refractivity contribution in [3.63, 3.8) is 0 Å². The number of carbonyl (C=O) groups is 1. The summed E-state index contributed by atoms with van der Waals surface area (Å²) in [6.07, 6.45) is -0.234. The maximum absolute atomic E-state index is 10.8. The minimum atomic E-state index is -0.989. The van der Waals surface area contributed by atoms with Gasteiger partial charge in [-0.15, -0.1) is 0 Å². The summed E-state index contributed by atoms with van der Waals surface area (Å²) in [5.74, 6) is 0.252. The Labute approximate surface area is 103 Å². The quantitative estimate of drug-likeness (QED) is 0.895. The van der Waals surface area contributed by atoms with Gasteiger partial charge in [0, 0.05) is 11.6 Å². The lowest BCUT2D eigenvalue weighted by atomic mass is 10.1. The van der Waals surface area contributed by atoms with Gasteiger partial charge in [0.2, 0.25) is 0 Å². The maximum atomic E-state index is 10.8. The summed E-state index contributed by atoms with van der Waals surface area (Å²) in [7, 11) is 1.46. The number of aliphatic carboxylic acids is 1. The smallest absolute Gasteiger partial charge is 0.308 e. The first-order valence-corrected chi connectivity index (χ1v) is 5.38. The molecule has 0 bridgehead atoms. The van der Waals surface area contributed by atoms with Crippen LogP contribution < -0.4 is 14.2 Å². The summed E-state index contributed by atoms with van der Waals surface area (Å²) >= 11 is 6.07. The van der Waals surface area contributed by atoms with Crippen LogP contribution in [0, 0.1) is 0 Å². The molecular formula is C11H11ClO5. The van der Waals surface area contributed by atoms with E-state index in [0.717, 1.165) is 0 Å². The molecular weight excluding hydrogens is 248 g/mol. The molecule has 1 N–H and O–H groups in total. The fourth-order valence-corrected chi connectivity index (χ4v) is 1.95. The topological polar surface area (TPSA) is 65.0 Å². The molecule has 0 radical (unpaired) electrons. The van der Waals surface area contributed by atoms with Crippen LogP contribution >= 0.6 is 11.6 Å². The number of fused-ring (bicyclic) bond motifs is 1. The van der Waals surface area contributed by atoms with E-state index in [1.54, 1.807) is 6.07 Å². The third-order valence-corrected chi connectivity index (χ3v) is 2.79. The van der Waals surface area contributed by atoms with Crippen LogP contribution in [0.4, 0.5) is 0 Å². The predicted octanol–water partition coefficient (Wildman–Crippen LogP) is 1.75. The molecule has 92 valence electrons. The van der Waals surface area contributed by atoms with Crippen molar-refractivity contribution in [2.75, 3.05) is 20.3 Å². The minimum absolute atomic E-state index is 0.234. The molecule has 0 fully saturated rings. The third-order valence-electron chi connectivity index (χ3n) is 2.38. The van der Waals surface area contributed by atoms with Crippen molar-refractivity contribution in [3.05, 3.63) is 16.7 Å². The lowest BCUT2D eigenvalue weighted by molar-refractivity contribution is -0.136. The predicted molar refractivity (Wildman–Crippen MR) is 60.3 cm³/mol. The molecule has 0 amide bonds. The van der Waals surface area contributed by atoms with Crippen LogP contribution in [-0.2, 0) is 11.2 Å². The fraction of sp³-hybridized carbons (Fsp3) is 0.364. The first-order chi connectivity index (χ1) is 8.13. The van der Waals surface area contributed by atoms with Gasteiger partial charge in [-0.25, -0.2) is 0 Å². The maximum Gasteiger partial charge on any atom is 0.308 e. The molecule has 1 heterocycles. The van der Waals surface area contributed by atoms with Crippen LogP contribution in [0.1, 0.15) is 5.56 Å². The van der Waals surface area contributed by atoms with Crippen LogP contribution in [0.2, 0.25) is 5.02 Å². The Morgan fingerprint density at radius 1 is 1.53 bits per heavy atom. The Kier molecular flexibility index (Phi) is 3.28. The largest absolute Gasteiger partial charge is 0.495 e. The zero-order valence-corrected chi connectivity index (χ0v) is 9.91. The molecule has 1 aliphatic heterocycles. The first-order valence-electron chi connectivity index (χ1n) is 5.00. The van der Waals surface area contributed by atoms with Crippen molar-refractivity contribution < 1.29 is 24.1 Å². The van der Waals surface area contributed by atoms with E-state index in [2.05, 4.69) is 0 Å². The second kappa shape index (κ2) is 4.71. The molecule has 5 nitrogen and oxygen atoms in total. The van der Waals surface area contributed by atoms with Crippen molar-refractivity contribution in [1.29, 1.82) is 0 Å². The third kappa shape index (κ3) is 2.24. The standard InChI is InChI=1S/C11H11ClO5/c1-15-7-5-8-11(17-3-2-16-8)6(10(7)12)4-9(13)14/h5H,2-4H2,1H3,(H,13,14). The van der Waals surface area contributed by atoms with Crippen LogP contribution in [-0.4, -0.2) is 31.4 Å². The Morgan fingerprint density at radius 3 is 2.88 bits per heavy atom. The Morgan fingerprint density at radius 2 is 2.24 bits per heavy atom. The van der Waals surface area contributed by atoms with E-state index in [9.17, 15) is 4.79 Å². The normalized spacial score (nSPS) is 13.3. The van der Waals surface area contributed by atoms with E-state index in [-0.39, 0.29) is 11.4 Å². The van der Waals surface area contributed by atoms with Gasteiger partial charge < -0.3 is 19.3 Å². The average Bonchev–Trinajstić information content (AvgIpc) is 2.32. The molecule has 1 aliphatic rings. The second-order valence-corrected chi connectivity index (χ2v) is 3.84. The van der Waals surface area contributed by atoms with Gasteiger partial charge in [-0.05, 0) is 0 Å². The summed E-state index contributed by atoms with van der Waals surface area (Å²) in [6, 6.07) is 1.60. The number of benzene rings is 1. The fourth-order valence-electron chi connectivity index (χ4n) is 1.66. The van der Waals surface area contributed by atoms with Crippen molar-refractivity contribution in [2.45, 2.75) is 6.42 Å². The summed E-state index contributed by atoms with van der Waals surface area (Å²) in [5, 5.41) is 9.11. The summed E-state index contributed by atoms with van der Waals surface area (Å²) < 4.78 is 15.9. The number of rotatable bonds is 3. The zero-order valence-electron chi connectivity index (χ0n) is 9.16. The van der Waals surface area contributed by atoms with Gasteiger partial charge in [0.1, 0.15) is 19.0 Å². The van der Waals surface area contributed by atoms with Crippen LogP contribution in [0.25, 0.3) is 0 Å². The summed E-state index contributed by atoms with van der Waals surface area (Å²) in [6.45, 7) is 0.798. The van der Waals surface area contributed by atoms with Gasteiger partial charge in [-0.2, -0.15) is 0 Å². The number of hydrogen-bond donors (Lipinski definition) is 1. The molecule has 0 aliphatic carbocycles.